The number of carbonyl (C=O) groups is 1. The molecule has 7 nitrogen and oxygen atoms in total. The molecule has 1 aromatic rings. The van der Waals surface area contributed by atoms with Crippen LogP contribution in [0.25, 0.3) is 0 Å². The molecule has 1 aromatic carbocycles. The van der Waals surface area contributed by atoms with Crippen molar-refractivity contribution in [3.8, 4) is 0 Å². The van der Waals surface area contributed by atoms with Crippen molar-refractivity contribution in [2.24, 2.45) is 5.92 Å². The molecule has 2 amide bonds. The average Bonchev–Trinajstić information content (AvgIpc) is 2.94. The molecule has 0 bridgehead atoms. The molecule has 2 N–H and O–H groups in total. The lowest BCUT2D eigenvalue weighted by atomic mass is 10.1. The maximum Gasteiger partial charge on any atom is 0.319 e. The van der Waals surface area contributed by atoms with Gasteiger partial charge in [0.1, 0.15) is 0 Å². The Labute approximate surface area is 129 Å². The van der Waals surface area contributed by atoms with Crippen LogP contribution in [-0.4, -0.2) is 42.0 Å². The molecular formula is C15H22N4O3. The number of nitrogens with one attached hydrogen (secondary N) is 2. The summed E-state index contributed by atoms with van der Waals surface area (Å²) in [6.45, 7) is 6.07. The largest absolute Gasteiger partial charge is 0.338 e. The monoisotopic (exact) mass is 306 g/mol. The van der Waals surface area contributed by atoms with Gasteiger partial charge in [0.05, 0.1) is 4.92 Å². The highest BCUT2D eigenvalue weighted by Gasteiger charge is 2.21. The fraction of sp³-hybridized carbons (Fsp3) is 0.533. The first-order valence-electron chi connectivity index (χ1n) is 7.60. The van der Waals surface area contributed by atoms with E-state index in [1.807, 2.05) is 0 Å². The fourth-order valence-corrected chi connectivity index (χ4v) is 2.68. The third-order valence-corrected chi connectivity index (χ3v) is 3.80. The lowest BCUT2D eigenvalue weighted by Crippen LogP contribution is -2.34. The van der Waals surface area contributed by atoms with E-state index in [2.05, 4.69) is 22.5 Å². The number of nitro benzene ring substituents is 1. The summed E-state index contributed by atoms with van der Waals surface area (Å²) in [5.41, 5.74) is 0.551. The van der Waals surface area contributed by atoms with Crippen molar-refractivity contribution in [1.29, 1.82) is 0 Å². The number of likely N-dealkylation sites (tertiary alicyclic amines) is 1. The number of nitro groups is 1. The van der Waals surface area contributed by atoms with Crippen LogP contribution in [0.4, 0.5) is 16.2 Å². The van der Waals surface area contributed by atoms with Gasteiger partial charge in [-0.1, -0.05) is 6.92 Å². The summed E-state index contributed by atoms with van der Waals surface area (Å²) in [6, 6.07) is 5.51. The highest BCUT2D eigenvalue weighted by Crippen LogP contribution is 2.16. The normalized spacial score (nSPS) is 18.1. The molecular weight excluding hydrogens is 284 g/mol. The van der Waals surface area contributed by atoms with Gasteiger partial charge >= 0.3 is 6.03 Å². The SMILES string of the molecule is CCCN1CCC(CNC(=O)Nc2ccc([N+](=O)[O-])cc2)C1. The highest BCUT2D eigenvalue weighted by atomic mass is 16.6. The molecule has 1 atom stereocenters. The molecule has 0 spiro atoms. The van der Waals surface area contributed by atoms with Crippen LogP contribution in [-0.2, 0) is 0 Å². The van der Waals surface area contributed by atoms with Gasteiger partial charge in [-0.2, -0.15) is 0 Å². The molecule has 120 valence electrons. The standard InChI is InChI=1S/C15H22N4O3/c1-2-8-18-9-7-12(11-18)10-16-15(20)17-13-3-5-14(6-4-13)19(21)22/h3-6,12H,2,7-11H2,1H3,(H2,16,17,20). The van der Waals surface area contributed by atoms with Crippen LogP contribution in [0, 0.1) is 16.0 Å². The molecule has 1 aliphatic heterocycles. The number of rotatable bonds is 6. The predicted octanol–water partition coefficient (Wildman–Crippen LogP) is 2.45. The Balaban J connectivity index is 1.73. The molecule has 1 saturated heterocycles. The van der Waals surface area contributed by atoms with Gasteiger partial charge in [-0.15, -0.1) is 0 Å². The topological polar surface area (TPSA) is 87.5 Å². The molecule has 0 aliphatic carbocycles. The lowest BCUT2D eigenvalue weighted by molar-refractivity contribution is -0.384. The van der Waals surface area contributed by atoms with Crippen molar-refractivity contribution in [3.63, 3.8) is 0 Å². The maximum absolute atomic E-state index is 11.8. The van der Waals surface area contributed by atoms with Crippen LogP contribution in [0.15, 0.2) is 24.3 Å². The van der Waals surface area contributed by atoms with Crippen molar-refractivity contribution >= 4 is 17.4 Å². The van der Waals surface area contributed by atoms with Gasteiger partial charge in [0.15, 0.2) is 0 Å². The van der Waals surface area contributed by atoms with E-state index in [4.69, 9.17) is 0 Å². The Morgan fingerprint density at radius 3 is 2.77 bits per heavy atom. The lowest BCUT2D eigenvalue weighted by Gasteiger charge is -2.15. The van der Waals surface area contributed by atoms with E-state index in [1.54, 1.807) is 0 Å². The number of hydrogen-bond acceptors (Lipinski definition) is 4. The van der Waals surface area contributed by atoms with E-state index in [-0.39, 0.29) is 11.7 Å². The van der Waals surface area contributed by atoms with Gasteiger partial charge < -0.3 is 15.5 Å². The van der Waals surface area contributed by atoms with Crippen molar-refractivity contribution in [3.05, 3.63) is 34.4 Å². The van der Waals surface area contributed by atoms with Crippen LogP contribution in [0.2, 0.25) is 0 Å². The third kappa shape index (κ3) is 4.70. The molecule has 1 fully saturated rings. The first-order valence-corrected chi connectivity index (χ1v) is 7.60. The molecule has 0 radical (unpaired) electrons. The van der Waals surface area contributed by atoms with Gasteiger partial charge in [0, 0.05) is 30.9 Å². The highest BCUT2D eigenvalue weighted by molar-refractivity contribution is 5.89. The van der Waals surface area contributed by atoms with E-state index in [0.717, 1.165) is 32.5 Å². The summed E-state index contributed by atoms with van der Waals surface area (Å²) in [6.07, 6.45) is 2.26. The van der Waals surface area contributed by atoms with Crippen molar-refractivity contribution < 1.29 is 9.72 Å². The zero-order valence-corrected chi connectivity index (χ0v) is 12.7. The van der Waals surface area contributed by atoms with Crippen LogP contribution in [0.3, 0.4) is 0 Å². The Morgan fingerprint density at radius 2 is 2.14 bits per heavy atom. The fourth-order valence-electron chi connectivity index (χ4n) is 2.68. The van der Waals surface area contributed by atoms with Crippen LogP contribution in [0.5, 0.6) is 0 Å². The van der Waals surface area contributed by atoms with Gasteiger partial charge in [-0.3, -0.25) is 10.1 Å². The second kappa shape index (κ2) is 7.74. The number of urea groups is 1. The van der Waals surface area contributed by atoms with E-state index in [1.165, 1.54) is 24.3 Å². The number of carbonyl (C=O) groups excluding carboxylic acids is 1. The minimum atomic E-state index is -0.466. The summed E-state index contributed by atoms with van der Waals surface area (Å²) in [7, 11) is 0. The summed E-state index contributed by atoms with van der Waals surface area (Å²) >= 11 is 0. The second-order valence-corrected chi connectivity index (χ2v) is 5.59. The first-order chi connectivity index (χ1) is 10.6. The molecule has 0 saturated carbocycles. The quantitative estimate of drug-likeness (QED) is 0.624. The Morgan fingerprint density at radius 1 is 1.41 bits per heavy atom. The number of amides is 2. The zero-order valence-electron chi connectivity index (χ0n) is 12.7. The Hall–Kier alpha value is -2.15. The minimum Gasteiger partial charge on any atom is -0.338 e. The van der Waals surface area contributed by atoms with Crippen molar-refractivity contribution in [2.75, 3.05) is 31.5 Å². The molecule has 0 aromatic heterocycles. The van der Waals surface area contributed by atoms with E-state index in [9.17, 15) is 14.9 Å². The first kappa shape index (κ1) is 16.2. The molecule has 1 unspecified atom stereocenters. The van der Waals surface area contributed by atoms with Crippen molar-refractivity contribution in [2.45, 2.75) is 19.8 Å². The maximum atomic E-state index is 11.8. The molecule has 22 heavy (non-hydrogen) atoms. The van der Waals surface area contributed by atoms with Gasteiger partial charge in [0.2, 0.25) is 0 Å². The van der Waals surface area contributed by atoms with Crippen LogP contribution >= 0.6 is 0 Å². The molecule has 1 aliphatic rings. The van der Waals surface area contributed by atoms with E-state index >= 15 is 0 Å². The summed E-state index contributed by atoms with van der Waals surface area (Å²) in [5.74, 6) is 0.495. The molecule has 1 heterocycles. The van der Waals surface area contributed by atoms with Crippen LogP contribution < -0.4 is 10.6 Å². The summed E-state index contributed by atoms with van der Waals surface area (Å²) in [4.78, 5) is 24.3. The van der Waals surface area contributed by atoms with Gasteiger partial charge in [-0.25, -0.2) is 4.79 Å². The summed E-state index contributed by atoms with van der Waals surface area (Å²) < 4.78 is 0. The predicted molar refractivity (Wildman–Crippen MR) is 85.0 cm³/mol. The number of benzene rings is 1. The number of hydrogen-bond donors (Lipinski definition) is 2. The zero-order chi connectivity index (χ0) is 15.9. The second-order valence-electron chi connectivity index (χ2n) is 5.59. The average molecular weight is 306 g/mol. The van der Waals surface area contributed by atoms with Gasteiger partial charge in [-0.05, 0) is 44.0 Å². The van der Waals surface area contributed by atoms with E-state index in [0.29, 0.717) is 18.2 Å². The summed E-state index contributed by atoms with van der Waals surface area (Å²) in [5, 5.41) is 16.1. The Kier molecular flexibility index (Phi) is 5.71. The van der Waals surface area contributed by atoms with Crippen molar-refractivity contribution in [1.82, 2.24) is 10.2 Å². The van der Waals surface area contributed by atoms with E-state index < -0.39 is 4.92 Å². The van der Waals surface area contributed by atoms with Gasteiger partial charge in [0.25, 0.3) is 5.69 Å². The molecule has 7 heteroatoms. The third-order valence-electron chi connectivity index (χ3n) is 3.80. The smallest absolute Gasteiger partial charge is 0.319 e. The number of non-ortho nitro benzene ring substituents is 1. The number of anilines is 1. The number of nitrogens with zero attached hydrogens (tertiary/aromatic N) is 2. The minimum absolute atomic E-state index is 0.00734. The molecule has 2 rings (SSSR count). The van der Waals surface area contributed by atoms with Crippen LogP contribution in [0.1, 0.15) is 19.8 Å². The Bertz CT molecular complexity index is 518.